The van der Waals surface area contributed by atoms with Gasteiger partial charge in [-0.2, -0.15) is 0 Å². The highest BCUT2D eigenvalue weighted by molar-refractivity contribution is 8.18. The second kappa shape index (κ2) is 8.76. The number of aryl methyl sites for hydroxylation is 1. The highest BCUT2D eigenvalue weighted by Gasteiger charge is 2.41. The molecule has 1 saturated heterocycles. The first kappa shape index (κ1) is 22.3. The molecule has 0 N–H and O–H groups in total. The Hall–Kier alpha value is -3.40. The zero-order chi connectivity index (χ0) is 22.9. The van der Waals surface area contributed by atoms with Crippen molar-refractivity contribution < 1.29 is 24.0 Å². The van der Waals surface area contributed by atoms with Gasteiger partial charge >= 0.3 is 5.97 Å². The SMILES string of the molecule is CCOC(=O)[C@H](C)N1C(=O)S/C(=C/c2cc(C)n(-c3cccc([N+](=O)[O-])c3)c2C)C1=O. The lowest BCUT2D eigenvalue weighted by Crippen LogP contribution is -2.42. The fourth-order valence-electron chi connectivity index (χ4n) is 3.40. The van der Waals surface area contributed by atoms with E-state index >= 15 is 0 Å². The van der Waals surface area contributed by atoms with Crippen LogP contribution in [0, 0.1) is 24.0 Å². The lowest BCUT2D eigenvalue weighted by atomic mass is 10.2. The average molecular weight is 443 g/mol. The van der Waals surface area contributed by atoms with Crippen LogP contribution in [0.1, 0.15) is 30.8 Å². The van der Waals surface area contributed by atoms with Crippen LogP contribution in [0.5, 0.6) is 0 Å². The van der Waals surface area contributed by atoms with Gasteiger partial charge in [-0.25, -0.2) is 4.79 Å². The minimum Gasteiger partial charge on any atom is -0.464 e. The van der Waals surface area contributed by atoms with E-state index in [2.05, 4.69) is 0 Å². The van der Waals surface area contributed by atoms with Crippen molar-refractivity contribution in [3.8, 4) is 5.69 Å². The molecular weight excluding hydrogens is 422 g/mol. The molecule has 2 amide bonds. The van der Waals surface area contributed by atoms with Crippen molar-refractivity contribution in [1.29, 1.82) is 0 Å². The Morgan fingerprint density at radius 2 is 2.00 bits per heavy atom. The van der Waals surface area contributed by atoms with E-state index in [1.54, 1.807) is 25.1 Å². The van der Waals surface area contributed by atoms with E-state index in [-0.39, 0.29) is 17.2 Å². The van der Waals surface area contributed by atoms with E-state index in [4.69, 9.17) is 4.74 Å². The normalized spacial score (nSPS) is 16.1. The van der Waals surface area contributed by atoms with Crippen LogP contribution in [-0.2, 0) is 14.3 Å². The molecule has 2 heterocycles. The molecule has 0 bridgehead atoms. The summed E-state index contributed by atoms with van der Waals surface area (Å²) in [6.07, 6.45) is 1.60. The quantitative estimate of drug-likeness (QED) is 0.287. The fraction of sp³-hybridized carbons (Fsp3) is 0.286. The molecule has 0 spiro atoms. The molecule has 1 aromatic carbocycles. The molecular formula is C21H21N3O6S. The van der Waals surface area contributed by atoms with Gasteiger partial charge in [-0.3, -0.25) is 24.6 Å². The molecule has 162 valence electrons. The van der Waals surface area contributed by atoms with Crippen molar-refractivity contribution in [3.05, 3.63) is 62.3 Å². The zero-order valence-electron chi connectivity index (χ0n) is 17.4. The fourth-order valence-corrected chi connectivity index (χ4v) is 4.30. The van der Waals surface area contributed by atoms with E-state index in [9.17, 15) is 24.5 Å². The van der Waals surface area contributed by atoms with Gasteiger partial charge in [0.25, 0.3) is 16.8 Å². The maximum absolute atomic E-state index is 12.8. The molecule has 31 heavy (non-hydrogen) atoms. The van der Waals surface area contributed by atoms with Gasteiger partial charge in [-0.1, -0.05) is 6.07 Å². The number of benzene rings is 1. The summed E-state index contributed by atoms with van der Waals surface area (Å²) in [6, 6.07) is 7.06. The van der Waals surface area contributed by atoms with E-state index in [0.717, 1.165) is 28.0 Å². The number of nitrogens with zero attached hydrogens (tertiary/aromatic N) is 3. The first-order chi connectivity index (χ1) is 14.6. The summed E-state index contributed by atoms with van der Waals surface area (Å²) in [5, 5.41) is 10.6. The number of amides is 2. The summed E-state index contributed by atoms with van der Waals surface area (Å²) in [5.74, 6) is -1.20. The number of hydrogen-bond donors (Lipinski definition) is 0. The minimum absolute atomic E-state index is 0.0272. The smallest absolute Gasteiger partial charge is 0.329 e. The van der Waals surface area contributed by atoms with Gasteiger partial charge in [-0.15, -0.1) is 0 Å². The van der Waals surface area contributed by atoms with Crippen LogP contribution < -0.4 is 0 Å². The molecule has 1 aliphatic rings. The summed E-state index contributed by atoms with van der Waals surface area (Å²) >= 11 is 0.759. The van der Waals surface area contributed by atoms with Crippen LogP contribution in [0.25, 0.3) is 11.8 Å². The molecule has 9 nitrogen and oxygen atoms in total. The van der Waals surface area contributed by atoms with Gasteiger partial charge in [0.05, 0.1) is 22.1 Å². The zero-order valence-corrected chi connectivity index (χ0v) is 18.3. The van der Waals surface area contributed by atoms with Crippen molar-refractivity contribution in [3.63, 3.8) is 0 Å². The van der Waals surface area contributed by atoms with Gasteiger partial charge < -0.3 is 9.30 Å². The summed E-state index contributed by atoms with van der Waals surface area (Å²) in [4.78, 5) is 48.9. The van der Waals surface area contributed by atoms with Crippen molar-refractivity contribution >= 4 is 40.6 Å². The third kappa shape index (κ3) is 4.24. The maximum Gasteiger partial charge on any atom is 0.329 e. The number of hydrogen-bond acceptors (Lipinski definition) is 7. The second-order valence-electron chi connectivity index (χ2n) is 6.92. The average Bonchev–Trinajstić information content (AvgIpc) is 3.16. The molecule has 0 unspecified atom stereocenters. The molecule has 0 radical (unpaired) electrons. The second-order valence-corrected chi connectivity index (χ2v) is 7.91. The Morgan fingerprint density at radius 3 is 2.65 bits per heavy atom. The highest BCUT2D eigenvalue weighted by atomic mass is 32.2. The number of aromatic nitrogens is 1. The lowest BCUT2D eigenvalue weighted by molar-refractivity contribution is -0.384. The predicted molar refractivity (Wildman–Crippen MR) is 116 cm³/mol. The molecule has 3 rings (SSSR count). The number of nitro groups is 1. The molecule has 1 atom stereocenters. The Kier molecular flexibility index (Phi) is 6.30. The molecule has 1 aromatic heterocycles. The summed E-state index contributed by atoms with van der Waals surface area (Å²) in [6.45, 7) is 6.92. The van der Waals surface area contributed by atoms with Crippen LogP contribution in [0.15, 0.2) is 35.2 Å². The maximum atomic E-state index is 12.8. The van der Waals surface area contributed by atoms with Crippen molar-refractivity contribution in [2.75, 3.05) is 6.61 Å². The van der Waals surface area contributed by atoms with Crippen LogP contribution in [0.3, 0.4) is 0 Å². The van der Waals surface area contributed by atoms with Crippen molar-refractivity contribution in [2.45, 2.75) is 33.7 Å². The number of nitro benzene ring substituents is 1. The van der Waals surface area contributed by atoms with Gasteiger partial charge in [0.2, 0.25) is 0 Å². The van der Waals surface area contributed by atoms with Gasteiger partial charge in [-0.05, 0) is 63.2 Å². The molecule has 0 aliphatic carbocycles. The molecule has 1 aliphatic heterocycles. The Balaban J connectivity index is 1.95. The van der Waals surface area contributed by atoms with Crippen LogP contribution in [-0.4, -0.2) is 44.2 Å². The van der Waals surface area contributed by atoms with Crippen molar-refractivity contribution in [2.24, 2.45) is 0 Å². The van der Waals surface area contributed by atoms with E-state index in [1.165, 1.54) is 19.1 Å². The topological polar surface area (TPSA) is 112 Å². The monoisotopic (exact) mass is 443 g/mol. The van der Waals surface area contributed by atoms with E-state index in [1.807, 2.05) is 24.5 Å². The van der Waals surface area contributed by atoms with Crippen molar-refractivity contribution in [1.82, 2.24) is 9.47 Å². The summed E-state index contributed by atoms with van der Waals surface area (Å²) in [5.41, 5.74) is 2.85. The molecule has 1 fully saturated rings. The first-order valence-electron chi connectivity index (χ1n) is 9.53. The number of rotatable bonds is 6. The van der Waals surface area contributed by atoms with Crippen LogP contribution >= 0.6 is 11.8 Å². The standard InChI is InChI=1S/C21H21N3O6S/c1-5-30-20(26)14(4)23-19(25)18(31-21(23)27)10-15-9-12(2)22(13(15)3)16-7-6-8-17(11-16)24(28)29/h6-11,14H,5H2,1-4H3/b18-10+/t14-/m0/s1. The number of imide groups is 1. The van der Waals surface area contributed by atoms with Crippen LogP contribution in [0.4, 0.5) is 10.5 Å². The predicted octanol–water partition coefficient (Wildman–Crippen LogP) is 3.99. The highest BCUT2D eigenvalue weighted by Crippen LogP contribution is 2.35. The molecule has 0 saturated carbocycles. The Labute approximate surface area is 182 Å². The van der Waals surface area contributed by atoms with Gasteiger partial charge in [0.15, 0.2) is 0 Å². The number of non-ortho nitro benzene ring substituents is 1. The minimum atomic E-state index is -1.02. The largest absolute Gasteiger partial charge is 0.464 e. The lowest BCUT2D eigenvalue weighted by Gasteiger charge is -2.19. The Morgan fingerprint density at radius 1 is 1.29 bits per heavy atom. The number of thioether (sulfide) groups is 1. The third-order valence-corrected chi connectivity index (χ3v) is 5.78. The third-order valence-electron chi connectivity index (χ3n) is 4.89. The summed E-state index contributed by atoms with van der Waals surface area (Å²) < 4.78 is 6.75. The van der Waals surface area contributed by atoms with E-state index in [0.29, 0.717) is 11.3 Å². The van der Waals surface area contributed by atoms with Gasteiger partial charge in [0.1, 0.15) is 6.04 Å². The number of carbonyl (C=O) groups excluding carboxylic acids is 3. The summed E-state index contributed by atoms with van der Waals surface area (Å²) in [7, 11) is 0. The first-order valence-corrected chi connectivity index (χ1v) is 10.3. The molecule has 10 heteroatoms. The number of ether oxygens (including phenoxy) is 1. The van der Waals surface area contributed by atoms with E-state index < -0.39 is 28.1 Å². The number of esters is 1. The Bertz CT molecular complexity index is 1120. The number of carbonyl (C=O) groups is 3. The van der Waals surface area contributed by atoms with Crippen LogP contribution in [0.2, 0.25) is 0 Å². The van der Waals surface area contributed by atoms with Gasteiger partial charge in [0, 0.05) is 23.5 Å². The molecule has 2 aromatic rings.